The highest BCUT2D eigenvalue weighted by molar-refractivity contribution is 9.10. The molecule has 0 saturated heterocycles. The Bertz CT molecular complexity index is 380. The van der Waals surface area contributed by atoms with Crippen LogP contribution >= 0.6 is 27.5 Å². The lowest BCUT2D eigenvalue weighted by molar-refractivity contribution is 0.456. The van der Waals surface area contributed by atoms with Gasteiger partial charge in [0.1, 0.15) is 5.82 Å². The van der Waals surface area contributed by atoms with Gasteiger partial charge in [0.2, 0.25) is 0 Å². The minimum atomic E-state index is -0.134. The third-order valence-electron chi connectivity index (χ3n) is 3.28. The van der Waals surface area contributed by atoms with Crippen LogP contribution in [0.25, 0.3) is 0 Å². The second kappa shape index (κ2) is 4.06. The fourth-order valence-corrected chi connectivity index (χ4v) is 3.20. The highest BCUT2D eigenvalue weighted by Gasteiger charge is 2.37. The summed E-state index contributed by atoms with van der Waals surface area (Å²) in [6.07, 6.45) is 2.81. The van der Waals surface area contributed by atoms with Gasteiger partial charge in [0.15, 0.2) is 0 Å². The minimum Gasteiger partial charge on any atom is -0.205 e. The zero-order chi connectivity index (χ0) is 11.1. The lowest BCUT2D eigenvalue weighted by Gasteiger charge is -2.25. The van der Waals surface area contributed by atoms with Crippen LogP contribution in [0.2, 0.25) is 0 Å². The van der Waals surface area contributed by atoms with Gasteiger partial charge >= 0.3 is 0 Å². The first kappa shape index (κ1) is 11.4. The molecule has 0 heterocycles. The zero-order valence-corrected chi connectivity index (χ0v) is 10.9. The normalized spacial score (nSPS) is 30.8. The molecule has 1 aliphatic carbocycles. The van der Waals surface area contributed by atoms with Crippen molar-refractivity contribution in [2.24, 2.45) is 0 Å². The molecule has 0 aliphatic heterocycles. The molecule has 2 atom stereocenters. The van der Waals surface area contributed by atoms with E-state index >= 15 is 0 Å². The minimum absolute atomic E-state index is 0.0969. The molecular formula is C12H13BrClF. The Morgan fingerprint density at radius 2 is 2.27 bits per heavy atom. The van der Waals surface area contributed by atoms with Gasteiger partial charge in [-0.25, -0.2) is 4.39 Å². The van der Waals surface area contributed by atoms with Crippen molar-refractivity contribution in [1.29, 1.82) is 0 Å². The van der Waals surface area contributed by atoms with E-state index in [-0.39, 0.29) is 16.6 Å². The van der Waals surface area contributed by atoms with Gasteiger partial charge in [-0.2, -0.15) is 0 Å². The summed E-state index contributed by atoms with van der Waals surface area (Å²) in [5.74, 6) is -0.134. The summed E-state index contributed by atoms with van der Waals surface area (Å²) in [7, 11) is 0. The Kier molecular flexibility index (Phi) is 3.09. The van der Waals surface area contributed by atoms with Crippen LogP contribution in [0, 0.1) is 5.82 Å². The summed E-state index contributed by atoms with van der Waals surface area (Å²) in [5.41, 5.74) is 0.695. The van der Waals surface area contributed by atoms with Crippen LogP contribution in [0.5, 0.6) is 0 Å². The maximum Gasteiger partial charge on any atom is 0.141 e. The second-order valence-electron chi connectivity index (χ2n) is 4.50. The van der Waals surface area contributed by atoms with Gasteiger partial charge in [0.05, 0.1) is 4.47 Å². The monoisotopic (exact) mass is 290 g/mol. The molecule has 0 aromatic heterocycles. The largest absolute Gasteiger partial charge is 0.205 e. The van der Waals surface area contributed by atoms with Crippen molar-refractivity contribution in [3.05, 3.63) is 34.1 Å². The zero-order valence-electron chi connectivity index (χ0n) is 8.56. The van der Waals surface area contributed by atoms with Gasteiger partial charge in [-0.05, 0) is 52.2 Å². The molecule has 15 heavy (non-hydrogen) atoms. The number of benzene rings is 1. The topological polar surface area (TPSA) is 0 Å². The van der Waals surface area contributed by atoms with Crippen LogP contribution in [0.15, 0.2) is 22.7 Å². The first-order valence-electron chi connectivity index (χ1n) is 5.11. The fraction of sp³-hybridized carbons (Fsp3) is 0.500. The molecule has 82 valence electrons. The quantitative estimate of drug-likeness (QED) is 0.661. The molecule has 3 heteroatoms. The maximum absolute atomic E-state index is 13.9. The fourth-order valence-electron chi connectivity index (χ4n) is 2.38. The number of halogens is 3. The molecule has 0 radical (unpaired) electrons. The predicted octanol–water partition coefficient (Wildman–Crippen LogP) is 4.64. The van der Waals surface area contributed by atoms with Crippen molar-refractivity contribution in [3.63, 3.8) is 0 Å². The third kappa shape index (κ3) is 2.07. The summed E-state index contributed by atoms with van der Waals surface area (Å²) < 4.78 is 14.5. The van der Waals surface area contributed by atoms with E-state index in [9.17, 15) is 4.39 Å². The van der Waals surface area contributed by atoms with Crippen LogP contribution < -0.4 is 0 Å². The number of rotatable bonds is 1. The maximum atomic E-state index is 13.9. The number of hydrogen-bond acceptors (Lipinski definition) is 0. The van der Waals surface area contributed by atoms with E-state index in [2.05, 4.69) is 22.9 Å². The molecule has 0 spiro atoms. The summed E-state index contributed by atoms with van der Waals surface area (Å²) in [6.45, 7) is 2.10. The summed E-state index contributed by atoms with van der Waals surface area (Å²) in [6, 6.07) is 5.49. The predicted molar refractivity (Wildman–Crippen MR) is 64.9 cm³/mol. The Morgan fingerprint density at radius 3 is 2.87 bits per heavy atom. The van der Waals surface area contributed by atoms with E-state index in [1.54, 1.807) is 6.07 Å². The third-order valence-corrected chi connectivity index (χ3v) is 4.27. The molecule has 1 aliphatic rings. The first-order valence-corrected chi connectivity index (χ1v) is 6.34. The molecule has 0 N–H and O–H groups in total. The van der Waals surface area contributed by atoms with Crippen molar-refractivity contribution < 1.29 is 4.39 Å². The molecule has 2 unspecified atom stereocenters. The Hall–Kier alpha value is -0.0800. The van der Waals surface area contributed by atoms with Crippen molar-refractivity contribution in [2.75, 3.05) is 0 Å². The van der Waals surface area contributed by atoms with Crippen LogP contribution in [0.3, 0.4) is 0 Å². The standard InChI is InChI=1S/C12H13BrClF/c1-12(6-5-8(14)7-12)9-3-2-4-10(13)11(9)15/h2-4,8H,5-7H2,1H3. The van der Waals surface area contributed by atoms with Gasteiger partial charge in [-0.3, -0.25) is 0 Å². The highest BCUT2D eigenvalue weighted by atomic mass is 79.9. The van der Waals surface area contributed by atoms with Gasteiger partial charge in [-0.1, -0.05) is 19.1 Å². The van der Waals surface area contributed by atoms with Crippen LogP contribution in [-0.4, -0.2) is 5.38 Å². The molecular weight excluding hydrogens is 278 g/mol. The molecule has 2 rings (SSSR count). The first-order chi connectivity index (χ1) is 7.03. The van der Waals surface area contributed by atoms with Crippen LogP contribution in [0.4, 0.5) is 4.39 Å². The SMILES string of the molecule is CC1(c2cccc(Br)c2F)CCC(Cl)C1. The molecule has 0 amide bonds. The number of alkyl halides is 1. The Labute approximate surface area is 103 Å². The lowest BCUT2D eigenvalue weighted by atomic mass is 9.81. The highest BCUT2D eigenvalue weighted by Crippen LogP contribution is 2.44. The van der Waals surface area contributed by atoms with Crippen molar-refractivity contribution >= 4 is 27.5 Å². The number of hydrogen-bond donors (Lipinski definition) is 0. The molecule has 1 aromatic carbocycles. The van der Waals surface area contributed by atoms with Crippen LogP contribution in [0.1, 0.15) is 31.7 Å². The van der Waals surface area contributed by atoms with E-state index in [0.29, 0.717) is 4.47 Å². The van der Waals surface area contributed by atoms with Gasteiger partial charge in [0, 0.05) is 5.38 Å². The molecule has 1 fully saturated rings. The van der Waals surface area contributed by atoms with Crippen LogP contribution in [-0.2, 0) is 5.41 Å². The van der Waals surface area contributed by atoms with E-state index in [4.69, 9.17) is 11.6 Å². The molecule has 0 bridgehead atoms. The van der Waals surface area contributed by atoms with E-state index in [0.717, 1.165) is 24.8 Å². The Morgan fingerprint density at radius 1 is 1.53 bits per heavy atom. The second-order valence-corrected chi connectivity index (χ2v) is 5.97. The average Bonchev–Trinajstić information content (AvgIpc) is 2.52. The van der Waals surface area contributed by atoms with Crippen molar-refractivity contribution in [1.82, 2.24) is 0 Å². The van der Waals surface area contributed by atoms with E-state index < -0.39 is 0 Å². The van der Waals surface area contributed by atoms with E-state index in [1.165, 1.54) is 0 Å². The summed E-state index contributed by atoms with van der Waals surface area (Å²) in [4.78, 5) is 0. The summed E-state index contributed by atoms with van der Waals surface area (Å²) >= 11 is 9.33. The Balaban J connectivity index is 2.41. The van der Waals surface area contributed by atoms with Crippen molar-refractivity contribution in [2.45, 2.75) is 37.0 Å². The molecule has 1 saturated carbocycles. The average molecular weight is 292 g/mol. The van der Waals surface area contributed by atoms with Gasteiger partial charge in [-0.15, -0.1) is 11.6 Å². The van der Waals surface area contributed by atoms with E-state index in [1.807, 2.05) is 12.1 Å². The van der Waals surface area contributed by atoms with Gasteiger partial charge < -0.3 is 0 Å². The molecule has 0 nitrogen and oxygen atoms in total. The molecule has 1 aromatic rings. The lowest BCUT2D eigenvalue weighted by Crippen LogP contribution is -2.19. The summed E-state index contributed by atoms with van der Waals surface area (Å²) in [5, 5.41) is 0.188. The smallest absolute Gasteiger partial charge is 0.141 e. The van der Waals surface area contributed by atoms with Gasteiger partial charge in [0.25, 0.3) is 0 Å². The van der Waals surface area contributed by atoms with Crippen molar-refractivity contribution in [3.8, 4) is 0 Å².